The van der Waals surface area contributed by atoms with Crippen molar-refractivity contribution in [2.24, 2.45) is 0 Å². The molecule has 0 fully saturated rings. The molecule has 23 heavy (non-hydrogen) atoms. The van der Waals surface area contributed by atoms with Gasteiger partial charge in [-0.2, -0.15) is 5.10 Å². The Hall–Kier alpha value is -3.09. The number of carbonyl (C=O) groups is 1. The van der Waals surface area contributed by atoms with Gasteiger partial charge in [0, 0.05) is 12.6 Å². The molecule has 0 unspecified atom stereocenters. The van der Waals surface area contributed by atoms with Crippen molar-refractivity contribution in [3.05, 3.63) is 47.5 Å². The minimum absolute atomic E-state index is 0.179. The maximum atomic E-state index is 12.6. The number of rotatable bonds is 3. The molecule has 3 rings (SSSR count). The summed E-state index contributed by atoms with van der Waals surface area (Å²) in [4.78, 5) is 14.1. The summed E-state index contributed by atoms with van der Waals surface area (Å²) in [6.45, 7) is 3.54. The molecule has 0 aliphatic rings. The lowest BCUT2D eigenvalue weighted by molar-refractivity contribution is 0.0987. The number of amides is 1. The fourth-order valence-electron chi connectivity index (χ4n) is 2.45. The highest BCUT2D eigenvalue weighted by Crippen LogP contribution is 2.25. The lowest BCUT2D eigenvalue weighted by atomic mass is 10.1. The van der Waals surface area contributed by atoms with Crippen molar-refractivity contribution in [1.82, 2.24) is 15.4 Å². The maximum Gasteiger partial charge on any atom is 0.276 e. The number of nitrogens with one attached hydrogen (secondary N) is 1. The SMILES string of the molecule is Cc1noc(C)c1N(C)C(=O)c1cc(-c2ccc(O)cc2)n[nH]1. The van der Waals surface area contributed by atoms with Gasteiger partial charge in [-0.1, -0.05) is 5.16 Å². The van der Waals surface area contributed by atoms with Crippen LogP contribution in [0.3, 0.4) is 0 Å². The van der Waals surface area contributed by atoms with Crippen LogP contribution in [0.25, 0.3) is 11.3 Å². The second kappa shape index (κ2) is 5.60. The Labute approximate surface area is 132 Å². The van der Waals surface area contributed by atoms with Crippen LogP contribution in [0.4, 0.5) is 5.69 Å². The number of aromatic hydroxyl groups is 1. The monoisotopic (exact) mass is 312 g/mol. The number of aromatic nitrogens is 3. The number of H-pyrrole nitrogens is 1. The highest BCUT2D eigenvalue weighted by molar-refractivity contribution is 6.05. The van der Waals surface area contributed by atoms with Gasteiger partial charge in [0.25, 0.3) is 5.91 Å². The number of carbonyl (C=O) groups excluding carboxylic acids is 1. The number of nitrogens with zero attached hydrogens (tertiary/aromatic N) is 3. The molecule has 0 atom stereocenters. The van der Waals surface area contributed by atoms with Crippen LogP contribution < -0.4 is 4.90 Å². The van der Waals surface area contributed by atoms with E-state index < -0.39 is 0 Å². The summed E-state index contributed by atoms with van der Waals surface area (Å²) in [5.41, 5.74) is 3.08. The highest BCUT2D eigenvalue weighted by atomic mass is 16.5. The lowest BCUT2D eigenvalue weighted by Crippen LogP contribution is -2.27. The van der Waals surface area contributed by atoms with Crippen molar-refractivity contribution < 1.29 is 14.4 Å². The molecule has 0 spiro atoms. The van der Waals surface area contributed by atoms with E-state index in [2.05, 4.69) is 15.4 Å². The minimum Gasteiger partial charge on any atom is -0.508 e. The Morgan fingerprint density at radius 3 is 2.57 bits per heavy atom. The van der Waals surface area contributed by atoms with E-state index in [9.17, 15) is 9.90 Å². The van der Waals surface area contributed by atoms with Crippen molar-refractivity contribution in [2.75, 3.05) is 11.9 Å². The van der Waals surface area contributed by atoms with Gasteiger partial charge in [0.1, 0.15) is 22.8 Å². The molecule has 2 N–H and O–H groups in total. The van der Waals surface area contributed by atoms with Crippen LogP contribution in [-0.4, -0.2) is 33.4 Å². The van der Waals surface area contributed by atoms with E-state index in [1.807, 2.05) is 0 Å². The number of aryl methyl sites for hydroxylation is 2. The summed E-state index contributed by atoms with van der Waals surface area (Å²) < 4.78 is 5.09. The van der Waals surface area contributed by atoms with E-state index in [0.29, 0.717) is 28.5 Å². The number of hydrogen-bond donors (Lipinski definition) is 2. The standard InChI is InChI=1S/C16H16N4O3/c1-9-15(10(2)23-19-9)20(3)16(22)14-8-13(17-18-14)11-4-6-12(21)7-5-11/h4-8,21H,1-3H3,(H,17,18). The molecule has 7 nitrogen and oxygen atoms in total. The summed E-state index contributed by atoms with van der Waals surface area (Å²) in [5, 5.41) is 20.1. The third-order valence-corrected chi connectivity index (χ3v) is 3.61. The van der Waals surface area contributed by atoms with Gasteiger partial charge in [0.15, 0.2) is 5.76 Å². The molecule has 0 radical (unpaired) electrons. The van der Waals surface area contributed by atoms with E-state index in [1.165, 1.54) is 4.90 Å². The first-order chi connectivity index (χ1) is 11.0. The largest absolute Gasteiger partial charge is 0.508 e. The zero-order valence-electron chi connectivity index (χ0n) is 13.0. The molecule has 1 aromatic carbocycles. The number of anilines is 1. The molecule has 0 saturated carbocycles. The van der Waals surface area contributed by atoms with Gasteiger partial charge in [-0.25, -0.2) is 0 Å². The Balaban J connectivity index is 1.88. The molecule has 1 amide bonds. The Morgan fingerprint density at radius 1 is 1.26 bits per heavy atom. The molecule has 118 valence electrons. The van der Waals surface area contributed by atoms with E-state index in [4.69, 9.17) is 4.52 Å². The normalized spacial score (nSPS) is 10.7. The summed E-state index contributed by atoms with van der Waals surface area (Å²) in [7, 11) is 1.66. The predicted molar refractivity (Wildman–Crippen MR) is 84.4 cm³/mol. The van der Waals surface area contributed by atoms with Crippen LogP contribution >= 0.6 is 0 Å². The summed E-state index contributed by atoms with van der Waals surface area (Å²) in [6.07, 6.45) is 0. The quantitative estimate of drug-likeness (QED) is 0.775. The second-order valence-electron chi connectivity index (χ2n) is 5.25. The fraction of sp³-hybridized carbons (Fsp3) is 0.188. The van der Waals surface area contributed by atoms with Crippen LogP contribution in [-0.2, 0) is 0 Å². The summed E-state index contributed by atoms with van der Waals surface area (Å²) >= 11 is 0. The van der Waals surface area contributed by atoms with Gasteiger partial charge < -0.3 is 14.5 Å². The van der Waals surface area contributed by atoms with Crippen molar-refractivity contribution in [3.63, 3.8) is 0 Å². The molecule has 0 aliphatic heterocycles. The first-order valence-corrected chi connectivity index (χ1v) is 7.03. The Bertz CT molecular complexity index is 829. The van der Waals surface area contributed by atoms with Crippen molar-refractivity contribution in [1.29, 1.82) is 0 Å². The third-order valence-electron chi connectivity index (χ3n) is 3.61. The molecule has 0 aliphatic carbocycles. The van der Waals surface area contributed by atoms with E-state index in [-0.39, 0.29) is 11.7 Å². The first-order valence-electron chi connectivity index (χ1n) is 7.03. The van der Waals surface area contributed by atoms with E-state index >= 15 is 0 Å². The average molecular weight is 312 g/mol. The molecule has 0 bridgehead atoms. The first kappa shape index (κ1) is 14.8. The molecule has 0 saturated heterocycles. The van der Waals surface area contributed by atoms with Crippen LogP contribution in [0.2, 0.25) is 0 Å². The van der Waals surface area contributed by atoms with Crippen molar-refractivity contribution >= 4 is 11.6 Å². The smallest absolute Gasteiger partial charge is 0.276 e. The topological polar surface area (TPSA) is 95.2 Å². The fourth-order valence-corrected chi connectivity index (χ4v) is 2.45. The second-order valence-corrected chi connectivity index (χ2v) is 5.25. The molecular formula is C16H16N4O3. The number of aromatic amines is 1. The molecule has 2 heterocycles. The number of hydrogen-bond acceptors (Lipinski definition) is 5. The minimum atomic E-state index is -0.239. The Morgan fingerprint density at radius 2 is 1.96 bits per heavy atom. The van der Waals surface area contributed by atoms with Crippen LogP contribution in [0, 0.1) is 13.8 Å². The molecule has 3 aromatic rings. The number of phenols is 1. The number of phenolic OH excluding ortho intramolecular Hbond substituents is 1. The van der Waals surface area contributed by atoms with E-state index in [0.717, 1.165) is 5.56 Å². The maximum absolute atomic E-state index is 12.6. The average Bonchev–Trinajstić information content (AvgIpc) is 3.14. The van der Waals surface area contributed by atoms with Gasteiger partial charge in [-0.05, 0) is 44.2 Å². The predicted octanol–water partition coefficient (Wildman–Crippen LogP) is 2.66. The summed E-state index contributed by atoms with van der Waals surface area (Å²) in [5.74, 6) is 0.521. The van der Waals surface area contributed by atoms with Crippen LogP contribution in [0.15, 0.2) is 34.9 Å². The molecule has 7 heteroatoms. The lowest BCUT2D eigenvalue weighted by Gasteiger charge is -2.15. The van der Waals surface area contributed by atoms with Gasteiger partial charge >= 0.3 is 0 Å². The zero-order chi connectivity index (χ0) is 16.6. The van der Waals surface area contributed by atoms with Crippen LogP contribution in [0.1, 0.15) is 21.9 Å². The molecule has 2 aromatic heterocycles. The van der Waals surface area contributed by atoms with E-state index in [1.54, 1.807) is 51.2 Å². The zero-order valence-corrected chi connectivity index (χ0v) is 13.0. The van der Waals surface area contributed by atoms with Crippen molar-refractivity contribution in [3.8, 4) is 17.0 Å². The number of benzene rings is 1. The Kier molecular flexibility index (Phi) is 3.61. The van der Waals surface area contributed by atoms with Crippen molar-refractivity contribution in [2.45, 2.75) is 13.8 Å². The third kappa shape index (κ3) is 2.68. The van der Waals surface area contributed by atoms with Gasteiger partial charge in [0.2, 0.25) is 0 Å². The van der Waals surface area contributed by atoms with Crippen LogP contribution in [0.5, 0.6) is 5.75 Å². The van der Waals surface area contributed by atoms with Gasteiger partial charge in [0.05, 0.1) is 5.69 Å². The molecular weight excluding hydrogens is 296 g/mol. The van der Waals surface area contributed by atoms with Gasteiger partial charge in [-0.3, -0.25) is 9.89 Å². The summed E-state index contributed by atoms with van der Waals surface area (Å²) in [6, 6.07) is 8.28. The van der Waals surface area contributed by atoms with Gasteiger partial charge in [-0.15, -0.1) is 0 Å². The highest BCUT2D eigenvalue weighted by Gasteiger charge is 2.22.